The molecule has 1 unspecified atom stereocenters. The Balaban J connectivity index is 1.89. The maximum atomic E-state index is 13.4. The van der Waals surface area contributed by atoms with E-state index < -0.39 is 0 Å². The van der Waals surface area contributed by atoms with Gasteiger partial charge in [0, 0.05) is 16.5 Å². The van der Waals surface area contributed by atoms with Crippen LogP contribution >= 0.6 is 0 Å². The number of carbonyl (C=O) groups excluding carboxylic acids is 1. The highest BCUT2D eigenvalue weighted by Gasteiger charge is 2.21. The quantitative estimate of drug-likeness (QED) is 0.736. The van der Waals surface area contributed by atoms with Gasteiger partial charge in [-0.1, -0.05) is 0 Å². The van der Waals surface area contributed by atoms with E-state index in [9.17, 15) is 9.18 Å². The summed E-state index contributed by atoms with van der Waals surface area (Å²) in [5, 5.41) is 3.48. The molecule has 0 radical (unpaired) electrons. The van der Waals surface area contributed by atoms with Crippen molar-refractivity contribution in [3.8, 4) is 11.5 Å². The Hall–Kier alpha value is -3.02. The van der Waals surface area contributed by atoms with E-state index >= 15 is 0 Å². The standard InChI is InChI=1S/C20H20FNO4/c1-11-15-9-13(21)5-7-18(15)26-19(11)20(23)22-12(2)16-10-14(24-3)6-8-17(16)25-4/h5-10,12H,1-4H3,(H,22,23). The fourth-order valence-electron chi connectivity index (χ4n) is 2.93. The van der Waals surface area contributed by atoms with Crippen LogP contribution in [0.2, 0.25) is 0 Å². The molecule has 0 aliphatic rings. The Morgan fingerprint density at radius 3 is 2.62 bits per heavy atom. The summed E-state index contributed by atoms with van der Waals surface area (Å²) in [6.45, 7) is 3.57. The number of fused-ring (bicyclic) bond motifs is 1. The van der Waals surface area contributed by atoms with Crippen LogP contribution in [0.1, 0.15) is 34.6 Å². The number of furan rings is 1. The van der Waals surface area contributed by atoms with Gasteiger partial charge < -0.3 is 19.2 Å². The number of rotatable bonds is 5. The molecule has 26 heavy (non-hydrogen) atoms. The maximum Gasteiger partial charge on any atom is 0.287 e. The molecule has 136 valence electrons. The van der Waals surface area contributed by atoms with E-state index in [1.54, 1.807) is 33.3 Å². The molecule has 2 aromatic carbocycles. The zero-order chi connectivity index (χ0) is 18.8. The van der Waals surface area contributed by atoms with Gasteiger partial charge in [-0.2, -0.15) is 0 Å². The first kappa shape index (κ1) is 17.8. The van der Waals surface area contributed by atoms with Gasteiger partial charge in [0.1, 0.15) is 22.9 Å². The van der Waals surface area contributed by atoms with Gasteiger partial charge in [-0.05, 0) is 50.2 Å². The number of ether oxygens (including phenoxy) is 2. The summed E-state index contributed by atoms with van der Waals surface area (Å²) in [5.74, 6) is 0.720. The molecule has 1 atom stereocenters. The third-order valence-electron chi connectivity index (χ3n) is 4.36. The van der Waals surface area contributed by atoms with E-state index in [0.29, 0.717) is 28.0 Å². The van der Waals surface area contributed by atoms with Crippen molar-refractivity contribution in [2.75, 3.05) is 14.2 Å². The van der Waals surface area contributed by atoms with E-state index in [2.05, 4.69) is 5.32 Å². The van der Waals surface area contributed by atoms with E-state index in [0.717, 1.165) is 5.56 Å². The second-order valence-corrected chi connectivity index (χ2v) is 6.00. The molecule has 3 rings (SSSR count). The first-order valence-electron chi connectivity index (χ1n) is 8.16. The largest absolute Gasteiger partial charge is 0.497 e. The smallest absolute Gasteiger partial charge is 0.287 e. The number of nitrogens with one attached hydrogen (secondary N) is 1. The SMILES string of the molecule is COc1ccc(OC)c(C(C)NC(=O)c2oc3ccc(F)cc3c2C)c1. The summed E-state index contributed by atoms with van der Waals surface area (Å²) in [6, 6.07) is 9.21. The monoisotopic (exact) mass is 357 g/mol. The lowest BCUT2D eigenvalue weighted by atomic mass is 10.1. The molecule has 1 amide bonds. The number of aryl methyl sites for hydroxylation is 1. The van der Waals surface area contributed by atoms with Crippen LogP contribution in [0, 0.1) is 12.7 Å². The third kappa shape index (κ3) is 3.22. The maximum absolute atomic E-state index is 13.4. The molecule has 0 bridgehead atoms. The summed E-state index contributed by atoms with van der Waals surface area (Å²) in [4.78, 5) is 12.7. The van der Waals surface area contributed by atoms with Gasteiger partial charge in [0.2, 0.25) is 0 Å². The van der Waals surface area contributed by atoms with Crippen molar-refractivity contribution in [3.05, 3.63) is 59.1 Å². The zero-order valence-electron chi connectivity index (χ0n) is 15.1. The van der Waals surface area contributed by atoms with Gasteiger partial charge >= 0.3 is 0 Å². The number of carbonyl (C=O) groups is 1. The summed E-state index contributed by atoms with van der Waals surface area (Å²) < 4.78 is 29.7. The number of benzene rings is 2. The van der Waals surface area contributed by atoms with Crippen molar-refractivity contribution in [1.82, 2.24) is 5.32 Å². The number of methoxy groups -OCH3 is 2. The minimum Gasteiger partial charge on any atom is -0.497 e. The van der Waals surface area contributed by atoms with Gasteiger partial charge in [-0.3, -0.25) is 4.79 Å². The molecule has 1 aromatic heterocycles. The van der Waals surface area contributed by atoms with Gasteiger partial charge in [0.25, 0.3) is 5.91 Å². The molecule has 3 aromatic rings. The van der Waals surface area contributed by atoms with Gasteiger partial charge in [0.05, 0.1) is 20.3 Å². The Morgan fingerprint density at radius 1 is 1.15 bits per heavy atom. The Bertz CT molecular complexity index is 964. The summed E-state index contributed by atoms with van der Waals surface area (Å²) in [5.41, 5.74) is 1.85. The number of halogens is 1. The lowest BCUT2D eigenvalue weighted by Crippen LogP contribution is -2.27. The Labute approximate surface area is 150 Å². The Kier molecular flexibility index (Phi) is 4.84. The van der Waals surface area contributed by atoms with E-state index in [-0.39, 0.29) is 23.5 Å². The number of hydrogen-bond donors (Lipinski definition) is 1. The van der Waals surface area contributed by atoms with Crippen LogP contribution in [0.25, 0.3) is 11.0 Å². The molecule has 6 heteroatoms. The lowest BCUT2D eigenvalue weighted by Gasteiger charge is -2.18. The highest BCUT2D eigenvalue weighted by molar-refractivity contribution is 5.99. The second kappa shape index (κ2) is 7.07. The summed E-state index contributed by atoms with van der Waals surface area (Å²) in [7, 11) is 3.14. The van der Waals surface area contributed by atoms with Crippen LogP contribution < -0.4 is 14.8 Å². The lowest BCUT2D eigenvalue weighted by molar-refractivity contribution is 0.0912. The van der Waals surface area contributed by atoms with Crippen LogP contribution in [0.4, 0.5) is 4.39 Å². The van der Waals surface area contributed by atoms with E-state index in [4.69, 9.17) is 13.9 Å². The van der Waals surface area contributed by atoms with Gasteiger partial charge in [0.15, 0.2) is 5.76 Å². The Morgan fingerprint density at radius 2 is 1.92 bits per heavy atom. The molecular weight excluding hydrogens is 337 g/mol. The molecule has 0 aliphatic carbocycles. The molecule has 0 fully saturated rings. The first-order chi connectivity index (χ1) is 12.4. The number of amides is 1. The van der Waals surface area contributed by atoms with E-state index in [1.165, 1.54) is 18.2 Å². The van der Waals surface area contributed by atoms with Crippen molar-refractivity contribution < 1.29 is 23.1 Å². The van der Waals surface area contributed by atoms with Crippen molar-refractivity contribution in [2.24, 2.45) is 0 Å². The van der Waals surface area contributed by atoms with Crippen molar-refractivity contribution in [3.63, 3.8) is 0 Å². The average Bonchev–Trinajstić information content (AvgIpc) is 2.97. The predicted molar refractivity (Wildman–Crippen MR) is 96.3 cm³/mol. The molecular formula is C20H20FNO4. The van der Waals surface area contributed by atoms with Crippen molar-refractivity contribution >= 4 is 16.9 Å². The van der Waals surface area contributed by atoms with Crippen LogP contribution in [-0.2, 0) is 0 Å². The molecule has 0 spiro atoms. The van der Waals surface area contributed by atoms with Crippen molar-refractivity contribution in [2.45, 2.75) is 19.9 Å². The second-order valence-electron chi connectivity index (χ2n) is 6.00. The fraction of sp³-hybridized carbons (Fsp3) is 0.250. The zero-order valence-corrected chi connectivity index (χ0v) is 15.1. The first-order valence-corrected chi connectivity index (χ1v) is 8.16. The van der Waals surface area contributed by atoms with Gasteiger partial charge in [-0.15, -0.1) is 0 Å². The minimum absolute atomic E-state index is 0.166. The molecule has 0 saturated heterocycles. The number of hydrogen-bond acceptors (Lipinski definition) is 4. The normalized spacial score (nSPS) is 12.0. The third-order valence-corrected chi connectivity index (χ3v) is 4.36. The topological polar surface area (TPSA) is 60.7 Å². The predicted octanol–water partition coefficient (Wildman–Crippen LogP) is 4.39. The average molecular weight is 357 g/mol. The van der Waals surface area contributed by atoms with E-state index in [1.807, 2.05) is 13.0 Å². The highest BCUT2D eigenvalue weighted by atomic mass is 19.1. The fourth-order valence-corrected chi connectivity index (χ4v) is 2.93. The van der Waals surface area contributed by atoms with Crippen LogP contribution in [0.3, 0.4) is 0 Å². The van der Waals surface area contributed by atoms with Crippen LogP contribution in [0.5, 0.6) is 11.5 Å². The summed E-state index contributed by atoms with van der Waals surface area (Å²) in [6.07, 6.45) is 0. The molecule has 0 saturated carbocycles. The minimum atomic E-state index is -0.378. The molecule has 5 nitrogen and oxygen atoms in total. The molecule has 1 N–H and O–H groups in total. The van der Waals surface area contributed by atoms with Crippen LogP contribution in [0.15, 0.2) is 40.8 Å². The van der Waals surface area contributed by atoms with Crippen molar-refractivity contribution in [1.29, 1.82) is 0 Å². The van der Waals surface area contributed by atoms with Gasteiger partial charge in [-0.25, -0.2) is 4.39 Å². The molecule has 0 aliphatic heterocycles. The highest BCUT2D eigenvalue weighted by Crippen LogP contribution is 2.30. The summed E-state index contributed by atoms with van der Waals surface area (Å²) >= 11 is 0. The van der Waals surface area contributed by atoms with Crippen LogP contribution in [-0.4, -0.2) is 20.1 Å². The molecule has 1 heterocycles.